The van der Waals surface area contributed by atoms with Gasteiger partial charge in [0.1, 0.15) is 18.0 Å². The van der Waals surface area contributed by atoms with E-state index in [0.717, 1.165) is 0 Å². The second-order valence-electron chi connectivity index (χ2n) is 4.88. The van der Waals surface area contributed by atoms with E-state index in [1.807, 2.05) is 6.07 Å². The first kappa shape index (κ1) is 22.1. The van der Waals surface area contributed by atoms with Gasteiger partial charge in [-0.3, -0.25) is 9.13 Å². The average molecular weight is 393 g/mol. The summed E-state index contributed by atoms with van der Waals surface area (Å²) in [5, 5.41) is 9.08. The van der Waals surface area contributed by atoms with Crippen molar-refractivity contribution in [2.75, 3.05) is 26.4 Å². The molecule has 0 spiro atoms. The van der Waals surface area contributed by atoms with E-state index in [0.29, 0.717) is 5.56 Å². The molecule has 1 aromatic heterocycles. The Bertz CT molecular complexity index is 610. The predicted molar refractivity (Wildman–Crippen MR) is 92.5 cm³/mol. The van der Waals surface area contributed by atoms with Gasteiger partial charge >= 0.3 is 15.2 Å². The molecule has 1 rings (SSSR count). The first-order chi connectivity index (χ1) is 11.8. The minimum absolute atomic E-state index is 0.0177. The van der Waals surface area contributed by atoms with Crippen LogP contribution in [0.15, 0.2) is 10.5 Å². The molecule has 0 atom stereocenters. The normalized spacial score (nSPS) is 12.3. The van der Waals surface area contributed by atoms with E-state index in [1.165, 1.54) is 6.07 Å². The molecule has 8 nitrogen and oxygen atoms in total. The number of nitrogens with zero attached hydrogens (tertiary/aromatic N) is 1. The zero-order chi connectivity index (χ0) is 18.9. The summed E-state index contributed by atoms with van der Waals surface area (Å²) in [5.74, 6) is 0.241. The van der Waals surface area contributed by atoms with E-state index >= 15 is 0 Å². The summed E-state index contributed by atoms with van der Waals surface area (Å²) in [4.78, 5) is 0. The summed E-state index contributed by atoms with van der Waals surface area (Å²) in [5.41, 5.74) is 0.432. The molecule has 0 aliphatic carbocycles. The van der Waals surface area contributed by atoms with E-state index in [4.69, 9.17) is 27.8 Å². The van der Waals surface area contributed by atoms with Crippen molar-refractivity contribution in [3.8, 4) is 6.07 Å². The molecule has 0 saturated carbocycles. The van der Waals surface area contributed by atoms with Crippen molar-refractivity contribution in [2.24, 2.45) is 0 Å². The zero-order valence-electron chi connectivity index (χ0n) is 15.0. The molecule has 0 amide bonds. The first-order valence-electron chi connectivity index (χ1n) is 8.13. The van der Waals surface area contributed by atoms with Crippen molar-refractivity contribution in [2.45, 2.75) is 40.0 Å². The van der Waals surface area contributed by atoms with E-state index in [1.54, 1.807) is 27.7 Å². The molecule has 0 radical (unpaired) electrons. The summed E-state index contributed by atoms with van der Waals surface area (Å²) in [6, 6.07) is 3.32. The Morgan fingerprint density at radius 2 is 1.36 bits per heavy atom. The molecule has 142 valence electrons. The van der Waals surface area contributed by atoms with E-state index in [9.17, 15) is 9.13 Å². The third-order valence-corrected chi connectivity index (χ3v) is 7.02. The lowest BCUT2D eigenvalue weighted by atomic mass is 10.3. The highest BCUT2D eigenvalue weighted by molar-refractivity contribution is 7.53. The molecule has 0 aromatic carbocycles. The summed E-state index contributed by atoms with van der Waals surface area (Å²) < 4.78 is 52.0. The Morgan fingerprint density at radius 3 is 1.76 bits per heavy atom. The highest BCUT2D eigenvalue weighted by atomic mass is 31.2. The van der Waals surface area contributed by atoms with Crippen LogP contribution in [0, 0.1) is 11.3 Å². The van der Waals surface area contributed by atoms with Gasteiger partial charge in [0.25, 0.3) is 0 Å². The Kier molecular flexibility index (Phi) is 9.09. The van der Waals surface area contributed by atoms with E-state index in [2.05, 4.69) is 0 Å². The Morgan fingerprint density at radius 1 is 0.920 bits per heavy atom. The molecule has 0 fully saturated rings. The summed E-state index contributed by atoms with van der Waals surface area (Å²) >= 11 is 0. The van der Waals surface area contributed by atoms with Crippen molar-refractivity contribution in [3.05, 3.63) is 23.2 Å². The summed E-state index contributed by atoms with van der Waals surface area (Å²) in [6.45, 7) is 7.66. The van der Waals surface area contributed by atoms with Crippen molar-refractivity contribution < 1.29 is 31.6 Å². The predicted octanol–water partition coefficient (Wildman–Crippen LogP) is 4.68. The monoisotopic (exact) mass is 393 g/mol. The summed E-state index contributed by atoms with van der Waals surface area (Å²) in [6.07, 6.45) is -0.253. The number of furan rings is 1. The van der Waals surface area contributed by atoms with Gasteiger partial charge in [0.2, 0.25) is 5.76 Å². The van der Waals surface area contributed by atoms with Gasteiger partial charge in [0.05, 0.1) is 32.6 Å². The molecule has 1 aromatic rings. The SMILES string of the molecule is CCOP(=O)(Cc1cc(C#N)oc1CP(=O)(OCC)OCC)OCC. The molecule has 0 bridgehead atoms. The quantitative estimate of drug-likeness (QED) is 0.471. The maximum Gasteiger partial charge on any atom is 0.338 e. The molecule has 0 N–H and O–H groups in total. The molecule has 10 heteroatoms. The van der Waals surface area contributed by atoms with Crippen molar-refractivity contribution in [1.82, 2.24) is 0 Å². The molecular formula is C15H25NO7P2. The van der Waals surface area contributed by atoms with Crippen LogP contribution >= 0.6 is 15.2 Å². The van der Waals surface area contributed by atoms with Gasteiger partial charge in [-0.05, 0) is 33.8 Å². The fourth-order valence-corrected chi connectivity index (χ4v) is 5.61. The Hall–Kier alpha value is -0.930. The lowest BCUT2D eigenvalue weighted by Crippen LogP contribution is -2.02. The molecule has 25 heavy (non-hydrogen) atoms. The van der Waals surface area contributed by atoms with Gasteiger partial charge in [-0.25, -0.2) is 0 Å². The van der Waals surface area contributed by atoms with Gasteiger partial charge in [-0.2, -0.15) is 5.26 Å². The second-order valence-corrected chi connectivity index (χ2v) is 8.99. The standard InChI is InChI=1S/C15H25NO7P2/c1-5-19-24(17,20-6-2)11-13-9-14(10-16)23-15(13)12-25(18,21-7-3)22-8-4/h9H,5-8,11-12H2,1-4H3. The van der Waals surface area contributed by atoms with Gasteiger partial charge < -0.3 is 22.5 Å². The maximum atomic E-state index is 12.7. The molecule has 1 heterocycles. The van der Waals surface area contributed by atoms with Crippen molar-refractivity contribution in [3.63, 3.8) is 0 Å². The van der Waals surface area contributed by atoms with Gasteiger partial charge in [-0.1, -0.05) is 0 Å². The van der Waals surface area contributed by atoms with Gasteiger partial charge in [0, 0.05) is 5.56 Å². The third kappa shape index (κ3) is 6.71. The van der Waals surface area contributed by atoms with Crippen LogP contribution in [0.2, 0.25) is 0 Å². The van der Waals surface area contributed by atoms with Crippen molar-refractivity contribution in [1.29, 1.82) is 5.26 Å². The largest absolute Gasteiger partial charge is 0.450 e. The van der Waals surface area contributed by atoms with E-state index in [-0.39, 0.29) is 50.3 Å². The number of hydrogen-bond acceptors (Lipinski definition) is 8. The molecule has 0 saturated heterocycles. The highest BCUT2D eigenvalue weighted by Crippen LogP contribution is 2.55. The lowest BCUT2D eigenvalue weighted by molar-refractivity contribution is 0.215. The fraction of sp³-hybridized carbons (Fsp3) is 0.667. The van der Waals surface area contributed by atoms with Crippen molar-refractivity contribution >= 4 is 15.2 Å². The first-order valence-corrected chi connectivity index (χ1v) is 11.6. The van der Waals surface area contributed by atoms with E-state index < -0.39 is 15.2 Å². The smallest absolute Gasteiger partial charge is 0.338 e. The average Bonchev–Trinajstić information content (AvgIpc) is 2.89. The van der Waals surface area contributed by atoms with Crippen LogP contribution in [-0.4, -0.2) is 26.4 Å². The van der Waals surface area contributed by atoms with Crippen LogP contribution in [0.5, 0.6) is 0 Å². The maximum absolute atomic E-state index is 12.7. The van der Waals surface area contributed by atoms with Gasteiger partial charge in [0.15, 0.2) is 0 Å². The highest BCUT2D eigenvalue weighted by Gasteiger charge is 2.32. The molecule has 0 aliphatic heterocycles. The molecule has 0 unspecified atom stereocenters. The zero-order valence-corrected chi connectivity index (χ0v) is 16.8. The number of nitriles is 1. The Labute approximate surface area is 148 Å². The van der Waals surface area contributed by atoms with Crippen LogP contribution < -0.4 is 0 Å². The topological polar surface area (TPSA) is 108 Å². The fourth-order valence-electron chi connectivity index (χ4n) is 2.22. The van der Waals surface area contributed by atoms with Crippen LogP contribution in [0.25, 0.3) is 0 Å². The summed E-state index contributed by atoms with van der Waals surface area (Å²) in [7, 11) is -6.84. The molecular weight excluding hydrogens is 368 g/mol. The van der Waals surface area contributed by atoms with Crippen LogP contribution in [0.4, 0.5) is 0 Å². The Balaban J connectivity index is 3.16. The number of rotatable bonds is 12. The number of hydrogen-bond donors (Lipinski definition) is 0. The van der Waals surface area contributed by atoms with Crippen LogP contribution in [-0.2, 0) is 39.5 Å². The minimum Gasteiger partial charge on any atom is -0.450 e. The lowest BCUT2D eigenvalue weighted by Gasteiger charge is -2.18. The van der Waals surface area contributed by atoms with Crippen LogP contribution in [0.1, 0.15) is 44.8 Å². The van der Waals surface area contributed by atoms with Gasteiger partial charge in [-0.15, -0.1) is 0 Å². The third-order valence-electron chi connectivity index (χ3n) is 3.01. The van der Waals surface area contributed by atoms with Crippen LogP contribution in [0.3, 0.4) is 0 Å². The minimum atomic E-state index is -3.44. The second kappa shape index (κ2) is 10.3. The molecule has 0 aliphatic rings.